The first-order valence-corrected chi connectivity index (χ1v) is 6.19. The summed E-state index contributed by atoms with van der Waals surface area (Å²) < 4.78 is 10.7. The number of ketones is 1. The molecule has 3 nitrogen and oxygen atoms in total. The van der Waals surface area contributed by atoms with E-state index in [4.69, 9.17) is 9.47 Å². The van der Waals surface area contributed by atoms with Crippen molar-refractivity contribution in [1.29, 1.82) is 0 Å². The van der Waals surface area contributed by atoms with Gasteiger partial charge in [-0.3, -0.25) is 4.79 Å². The van der Waals surface area contributed by atoms with E-state index >= 15 is 0 Å². The van der Waals surface area contributed by atoms with Crippen molar-refractivity contribution in [2.75, 3.05) is 7.11 Å². The quantitative estimate of drug-likeness (QED) is 0.622. The van der Waals surface area contributed by atoms with Crippen LogP contribution in [0.15, 0.2) is 54.6 Å². The summed E-state index contributed by atoms with van der Waals surface area (Å²) in [6.45, 7) is 0. The van der Waals surface area contributed by atoms with Crippen LogP contribution < -0.4 is 4.74 Å². The Morgan fingerprint density at radius 1 is 1.05 bits per heavy atom. The highest BCUT2D eigenvalue weighted by Crippen LogP contribution is 2.41. The number of hydrogen-bond donors (Lipinski definition) is 0. The predicted molar refractivity (Wildman–Crippen MR) is 71.4 cm³/mol. The number of methoxy groups -OCH3 is 1. The first-order valence-electron chi connectivity index (χ1n) is 6.19. The minimum Gasteiger partial charge on any atom is -0.496 e. The third-order valence-electron chi connectivity index (χ3n) is 3.25. The molecule has 96 valence electrons. The zero-order valence-electron chi connectivity index (χ0n) is 10.6. The number of rotatable bonds is 4. The second-order valence-corrected chi connectivity index (χ2v) is 4.45. The van der Waals surface area contributed by atoms with E-state index in [0.717, 1.165) is 5.56 Å². The maximum absolute atomic E-state index is 12.4. The van der Waals surface area contributed by atoms with Crippen LogP contribution in [0.5, 0.6) is 5.75 Å². The van der Waals surface area contributed by atoms with Gasteiger partial charge in [0.15, 0.2) is 11.9 Å². The molecule has 0 aliphatic carbocycles. The molecule has 2 aromatic carbocycles. The Labute approximate surface area is 111 Å². The Hall–Kier alpha value is -2.13. The molecule has 0 N–H and O–H groups in total. The first-order chi connectivity index (χ1) is 9.31. The lowest BCUT2D eigenvalue weighted by molar-refractivity contribution is 0.0950. The molecular weight excluding hydrogens is 240 g/mol. The molecule has 0 bridgehead atoms. The summed E-state index contributed by atoms with van der Waals surface area (Å²) >= 11 is 0. The number of carbonyl (C=O) groups is 1. The second-order valence-electron chi connectivity index (χ2n) is 4.45. The Morgan fingerprint density at radius 3 is 2.47 bits per heavy atom. The van der Waals surface area contributed by atoms with Crippen molar-refractivity contribution in [2.45, 2.75) is 12.2 Å². The average molecular weight is 254 g/mol. The highest BCUT2D eigenvalue weighted by molar-refractivity contribution is 6.03. The van der Waals surface area contributed by atoms with Crippen LogP contribution in [-0.4, -0.2) is 19.0 Å². The molecule has 0 saturated carbocycles. The summed E-state index contributed by atoms with van der Waals surface area (Å²) in [5.74, 6) is 0.570. The third-order valence-corrected chi connectivity index (χ3v) is 3.25. The highest BCUT2D eigenvalue weighted by Gasteiger charge is 2.46. The van der Waals surface area contributed by atoms with Gasteiger partial charge in [-0.2, -0.15) is 0 Å². The molecule has 2 aromatic rings. The third kappa shape index (κ3) is 2.25. The molecule has 0 radical (unpaired) electrons. The highest BCUT2D eigenvalue weighted by atomic mass is 16.6. The maximum Gasteiger partial charge on any atom is 0.198 e. The number of Topliss-reactive ketones (excluding diaryl/α,β-unsaturated/α-hetero) is 1. The predicted octanol–water partition coefficient (Wildman–Crippen LogP) is 3.02. The lowest BCUT2D eigenvalue weighted by atomic mass is 10.0. The summed E-state index contributed by atoms with van der Waals surface area (Å²) in [6.07, 6.45) is -0.516. The zero-order valence-corrected chi connectivity index (χ0v) is 10.6. The fourth-order valence-corrected chi connectivity index (χ4v) is 2.21. The minimum atomic E-state index is -0.390. The van der Waals surface area contributed by atoms with Gasteiger partial charge in [-0.1, -0.05) is 42.5 Å². The lowest BCUT2D eigenvalue weighted by Crippen LogP contribution is -2.09. The van der Waals surface area contributed by atoms with Crippen LogP contribution >= 0.6 is 0 Å². The normalized spacial score (nSPS) is 20.9. The molecule has 1 heterocycles. The van der Waals surface area contributed by atoms with Gasteiger partial charge in [0.05, 0.1) is 12.7 Å². The van der Waals surface area contributed by atoms with Crippen molar-refractivity contribution >= 4 is 5.78 Å². The molecule has 0 amide bonds. The van der Waals surface area contributed by atoms with Crippen LogP contribution in [0.4, 0.5) is 0 Å². The van der Waals surface area contributed by atoms with Crippen LogP contribution in [0.2, 0.25) is 0 Å². The Morgan fingerprint density at radius 2 is 1.74 bits per heavy atom. The van der Waals surface area contributed by atoms with Crippen molar-refractivity contribution in [2.24, 2.45) is 0 Å². The molecule has 19 heavy (non-hydrogen) atoms. The van der Waals surface area contributed by atoms with Crippen molar-refractivity contribution in [3.63, 3.8) is 0 Å². The number of benzene rings is 2. The molecule has 1 fully saturated rings. The van der Waals surface area contributed by atoms with Gasteiger partial charge in [0.2, 0.25) is 0 Å². The van der Waals surface area contributed by atoms with E-state index in [-0.39, 0.29) is 11.9 Å². The summed E-state index contributed by atoms with van der Waals surface area (Å²) in [5.41, 5.74) is 1.61. The van der Waals surface area contributed by atoms with E-state index in [2.05, 4.69) is 0 Å². The number of carbonyl (C=O) groups excluding carboxylic acids is 1. The molecule has 1 aliphatic rings. The summed E-state index contributed by atoms with van der Waals surface area (Å²) in [7, 11) is 1.56. The Bertz CT molecular complexity index is 592. The molecule has 1 saturated heterocycles. The average Bonchev–Trinajstić information content (AvgIpc) is 3.28. The van der Waals surface area contributed by atoms with Crippen LogP contribution in [-0.2, 0) is 4.74 Å². The van der Waals surface area contributed by atoms with E-state index in [9.17, 15) is 4.79 Å². The molecule has 1 aliphatic heterocycles. The fraction of sp³-hybridized carbons (Fsp3) is 0.188. The van der Waals surface area contributed by atoms with Crippen LogP contribution in [0, 0.1) is 0 Å². The smallest absolute Gasteiger partial charge is 0.198 e. The van der Waals surface area contributed by atoms with Gasteiger partial charge in [0.1, 0.15) is 11.9 Å². The summed E-state index contributed by atoms with van der Waals surface area (Å²) in [5, 5.41) is 0. The van der Waals surface area contributed by atoms with Gasteiger partial charge >= 0.3 is 0 Å². The zero-order chi connectivity index (χ0) is 13.2. The van der Waals surface area contributed by atoms with Gasteiger partial charge in [-0.25, -0.2) is 0 Å². The largest absolute Gasteiger partial charge is 0.496 e. The first kappa shape index (κ1) is 11.9. The SMILES string of the molecule is COc1ccccc1C(=O)[C@H]1O[C@H]1c1ccccc1. The van der Waals surface area contributed by atoms with Gasteiger partial charge in [-0.05, 0) is 17.7 Å². The Kier molecular flexibility index (Phi) is 3.05. The van der Waals surface area contributed by atoms with E-state index in [1.54, 1.807) is 19.2 Å². The van der Waals surface area contributed by atoms with E-state index < -0.39 is 6.10 Å². The van der Waals surface area contributed by atoms with Crippen molar-refractivity contribution in [3.8, 4) is 5.75 Å². The van der Waals surface area contributed by atoms with Crippen LogP contribution in [0.3, 0.4) is 0 Å². The topological polar surface area (TPSA) is 38.8 Å². The summed E-state index contributed by atoms with van der Waals surface area (Å²) in [4.78, 5) is 12.4. The van der Waals surface area contributed by atoms with Crippen LogP contribution in [0.25, 0.3) is 0 Å². The fourth-order valence-electron chi connectivity index (χ4n) is 2.21. The molecule has 3 rings (SSSR count). The molecular formula is C16H14O3. The summed E-state index contributed by atoms with van der Waals surface area (Å²) in [6, 6.07) is 17.0. The molecule has 0 unspecified atom stereocenters. The van der Waals surface area contributed by atoms with Crippen molar-refractivity contribution in [3.05, 3.63) is 65.7 Å². The number of epoxide rings is 1. The number of ether oxygens (including phenoxy) is 2. The molecule has 3 heteroatoms. The molecule has 0 aromatic heterocycles. The standard InChI is InChI=1S/C16H14O3/c1-18-13-10-6-5-9-12(13)14(17)16-15(19-16)11-7-3-2-4-8-11/h2-10,15-16H,1H3/t15-,16+/m0/s1. The van der Waals surface area contributed by atoms with E-state index in [0.29, 0.717) is 11.3 Å². The molecule has 2 atom stereocenters. The lowest BCUT2D eigenvalue weighted by Gasteiger charge is -2.05. The van der Waals surface area contributed by atoms with Gasteiger partial charge in [0.25, 0.3) is 0 Å². The monoisotopic (exact) mass is 254 g/mol. The van der Waals surface area contributed by atoms with Crippen LogP contribution in [0.1, 0.15) is 22.0 Å². The van der Waals surface area contributed by atoms with E-state index in [1.807, 2.05) is 42.5 Å². The second kappa shape index (κ2) is 4.86. The van der Waals surface area contributed by atoms with Crippen molar-refractivity contribution in [1.82, 2.24) is 0 Å². The van der Waals surface area contributed by atoms with Gasteiger partial charge < -0.3 is 9.47 Å². The van der Waals surface area contributed by atoms with Gasteiger partial charge in [0, 0.05) is 0 Å². The molecule has 0 spiro atoms. The minimum absolute atomic E-state index is 0.0219. The van der Waals surface area contributed by atoms with E-state index in [1.165, 1.54) is 0 Å². The number of hydrogen-bond acceptors (Lipinski definition) is 3. The Balaban J connectivity index is 1.80. The maximum atomic E-state index is 12.4. The van der Waals surface area contributed by atoms with Crippen molar-refractivity contribution < 1.29 is 14.3 Å². The van der Waals surface area contributed by atoms with Gasteiger partial charge in [-0.15, -0.1) is 0 Å². The number of para-hydroxylation sites is 1.